The van der Waals surface area contributed by atoms with Gasteiger partial charge in [0.05, 0.1) is 17.6 Å². The molecule has 0 radical (unpaired) electrons. The molecule has 2 rings (SSSR count). The summed E-state index contributed by atoms with van der Waals surface area (Å²) < 4.78 is 4.60. The van der Waals surface area contributed by atoms with Gasteiger partial charge in [0.1, 0.15) is 6.04 Å². The summed E-state index contributed by atoms with van der Waals surface area (Å²) in [5, 5.41) is 1.64. The van der Waals surface area contributed by atoms with Crippen LogP contribution in [0.5, 0.6) is 0 Å². The summed E-state index contributed by atoms with van der Waals surface area (Å²) in [6.45, 7) is 0. The van der Waals surface area contributed by atoms with Crippen LogP contribution in [0.25, 0.3) is 10.9 Å². The van der Waals surface area contributed by atoms with E-state index in [1.165, 1.54) is 7.11 Å². The molecule has 0 bridgehead atoms. The predicted molar refractivity (Wildman–Crippen MR) is 67.0 cm³/mol. The molecule has 0 spiro atoms. The van der Waals surface area contributed by atoms with Gasteiger partial charge in [-0.15, -0.1) is 0 Å². The Labute approximate surface area is 104 Å². The van der Waals surface area contributed by atoms with E-state index in [2.05, 4.69) is 9.72 Å². The van der Waals surface area contributed by atoms with Crippen molar-refractivity contribution in [2.45, 2.75) is 12.5 Å². The number of ether oxygens (including phenoxy) is 1. The fourth-order valence-electron chi connectivity index (χ4n) is 1.82. The number of para-hydroxylation sites is 1. The third kappa shape index (κ3) is 2.28. The van der Waals surface area contributed by atoms with Gasteiger partial charge in [0.15, 0.2) is 0 Å². The van der Waals surface area contributed by atoms with E-state index in [4.69, 9.17) is 17.3 Å². The maximum absolute atomic E-state index is 11.3. The van der Waals surface area contributed by atoms with Gasteiger partial charge in [-0.2, -0.15) is 0 Å². The molecule has 0 saturated carbocycles. The summed E-state index contributed by atoms with van der Waals surface area (Å²) >= 11 is 6.04. The number of carbonyl (C=O) groups is 1. The molecule has 0 aliphatic heterocycles. The van der Waals surface area contributed by atoms with Gasteiger partial charge in [0.2, 0.25) is 0 Å². The fourth-order valence-corrected chi connectivity index (χ4v) is 2.05. The third-order valence-electron chi connectivity index (χ3n) is 2.69. The molecule has 5 heteroatoms. The topological polar surface area (TPSA) is 68.1 Å². The minimum Gasteiger partial charge on any atom is -0.468 e. The van der Waals surface area contributed by atoms with Crippen molar-refractivity contribution in [1.29, 1.82) is 0 Å². The smallest absolute Gasteiger partial charge is 0.322 e. The van der Waals surface area contributed by atoms with E-state index in [0.717, 1.165) is 16.5 Å². The Bertz CT molecular complexity index is 550. The lowest BCUT2D eigenvalue weighted by molar-refractivity contribution is -0.142. The van der Waals surface area contributed by atoms with Crippen LogP contribution in [0.4, 0.5) is 0 Å². The van der Waals surface area contributed by atoms with Gasteiger partial charge in [-0.3, -0.25) is 4.79 Å². The van der Waals surface area contributed by atoms with E-state index in [1.807, 2.05) is 24.4 Å². The van der Waals surface area contributed by atoms with E-state index < -0.39 is 12.0 Å². The number of rotatable bonds is 3. The number of methoxy groups -OCH3 is 1. The van der Waals surface area contributed by atoms with Crippen LogP contribution in [0.3, 0.4) is 0 Å². The normalized spacial score (nSPS) is 12.6. The van der Waals surface area contributed by atoms with Crippen LogP contribution in [0.15, 0.2) is 24.4 Å². The molecule has 1 atom stereocenters. The number of fused-ring (bicyclic) bond motifs is 1. The fraction of sp³-hybridized carbons (Fsp3) is 0.250. The number of halogens is 1. The summed E-state index contributed by atoms with van der Waals surface area (Å²) in [4.78, 5) is 14.3. The molecule has 2 aromatic rings. The molecule has 0 fully saturated rings. The molecular weight excluding hydrogens is 240 g/mol. The molecule has 0 aliphatic carbocycles. The van der Waals surface area contributed by atoms with E-state index in [0.29, 0.717) is 11.4 Å². The summed E-state index contributed by atoms with van der Waals surface area (Å²) in [5.74, 6) is -0.415. The highest BCUT2D eigenvalue weighted by atomic mass is 35.5. The Balaban J connectivity index is 2.31. The van der Waals surface area contributed by atoms with Crippen molar-refractivity contribution in [3.63, 3.8) is 0 Å². The molecular formula is C12H13ClN2O2. The second kappa shape index (κ2) is 4.77. The average molecular weight is 253 g/mol. The van der Waals surface area contributed by atoms with Gasteiger partial charge >= 0.3 is 5.97 Å². The van der Waals surface area contributed by atoms with Gasteiger partial charge in [0, 0.05) is 18.0 Å². The molecule has 0 saturated heterocycles. The van der Waals surface area contributed by atoms with Gasteiger partial charge in [-0.25, -0.2) is 0 Å². The first kappa shape index (κ1) is 12.0. The molecule has 1 aromatic heterocycles. The Kier molecular flexibility index (Phi) is 3.36. The first-order valence-electron chi connectivity index (χ1n) is 5.21. The van der Waals surface area contributed by atoms with Crippen LogP contribution in [0, 0.1) is 0 Å². The number of H-pyrrole nitrogens is 1. The lowest BCUT2D eigenvalue weighted by Crippen LogP contribution is -2.33. The molecule has 1 aromatic carbocycles. The summed E-state index contributed by atoms with van der Waals surface area (Å²) in [6.07, 6.45) is 2.24. The van der Waals surface area contributed by atoms with Crippen LogP contribution in [-0.2, 0) is 16.0 Å². The Morgan fingerprint density at radius 3 is 3.06 bits per heavy atom. The van der Waals surface area contributed by atoms with Crippen molar-refractivity contribution in [2.75, 3.05) is 7.11 Å². The number of nitrogens with one attached hydrogen (secondary N) is 1. The minimum absolute atomic E-state index is 0.415. The Hall–Kier alpha value is -1.52. The maximum atomic E-state index is 11.3. The van der Waals surface area contributed by atoms with Crippen LogP contribution in [0.1, 0.15) is 5.56 Å². The summed E-state index contributed by atoms with van der Waals surface area (Å²) in [7, 11) is 1.33. The first-order chi connectivity index (χ1) is 8.13. The van der Waals surface area contributed by atoms with Crippen molar-refractivity contribution in [2.24, 2.45) is 5.73 Å². The largest absolute Gasteiger partial charge is 0.468 e. The van der Waals surface area contributed by atoms with Crippen molar-refractivity contribution in [3.05, 3.63) is 35.0 Å². The van der Waals surface area contributed by atoms with Crippen LogP contribution < -0.4 is 5.73 Å². The van der Waals surface area contributed by atoms with E-state index >= 15 is 0 Å². The highest BCUT2D eigenvalue weighted by molar-refractivity contribution is 6.35. The number of aromatic amines is 1. The van der Waals surface area contributed by atoms with Crippen LogP contribution in [-0.4, -0.2) is 24.1 Å². The number of esters is 1. The second-order valence-corrected chi connectivity index (χ2v) is 4.22. The van der Waals surface area contributed by atoms with E-state index in [1.54, 1.807) is 0 Å². The number of nitrogens with two attached hydrogens (primary N) is 1. The van der Waals surface area contributed by atoms with Crippen molar-refractivity contribution in [1.82, 2.24) is 4.98 Å². The number of aromatic nitrogens is 1. The zero-order chi connectivity index (χ0) is 12.4. The number of hydrogen-bond acceptors (Lipinski definition) is 3. The molecule has 90 valence electrons. The maximum Gasteiger partial charge on any atom is 0.322 e. The molecule has 4 nitrogen and oxygen atoms in total. The van der Waals surface area contributed by atoms with Gasteiger partial charge in [-0.05, 0) is 11.6 Å². The SMILES string of the molecule is COC(=O)[C@H](N)Cc1c[nH]c2c(Cl)cccc12. The quantitative estimate of drug-likeness (QED) is 0.820. The highest BCUT2D eigenvalue weighted by Crippen LogP contribution is 2.25. The van der Waals surface area contributed by atoms with Crippen molar-refractivity contribution >= 4 is 28.5 Å². The number of hydrogen-bond donors (Lipinski definition) is 2. The Morgan fingerprint density at radius 2 is 2.35 bits per heavy atom. The lowest BCUT2D eigenvalue weighted by atomic mass is 10.1. The second-order valence-electron chi connectivity index (χ2n) is 3.81. The summed E-state index contributed by atoms with van der Waals surface area (Å²) in [6, 6.07) is 4.96. The predicted octanol–water partition coefficient (Wildman–Crippen LogP) is 1.86. The molecule has 0 amide bonds. The number of carbonyl (C=O) groups excluding carboxylic acids is 1. The first-order valence-corrected chi connectivity index (χ1v) is 5.59. The van der Waals surface area contributed by atoms with Crippen molar-refractivity contribution < 1.29 is 9.53 Å². The van der Waals surface area contributed by atoms with Gasteiger partial charge < -0.3 is 15.5 Å². The van der Waals surface area contributed by atoms with Crippen molar-refractivity contribution in [3.8, 4) is 0 Å². The average Bonchev–Trinajstić information content (AvgIpc) is 2.73. The van der Waals surface area contributed by atoms with Gasteiger partial charge in [-0.1, -0.05) is 23.7 Å². The van der Waals surface area contributed by atoms with Crippen LogP contribution in [0.2, 0.25) is 5.02 Å². The zero-order valence-corrected chi connectivity index (χ0v) is 10.1. The van der Waals surface area contributed by atoms with Crippen LogP contribution >= 0.6 is 11.6 Å². The zero-order valence-electron chi connectivity index (χ0n) is 9.37. The number of benzene rings is 1. The van der Waals surface area contributed by atoms with E-state index in [-0.39, 0.29) is 0 Å². The highest BCUT2D eigenvalue weighted by Gasteiger charge is 2.16. The monoisotopic (exact) mass is 252 g/mol. The standard InChI is InChI=1S/C12H13ClN2O2/c1-17-12(16)10(14)5-7-6-15-11-8(7)3-2-4-9(11)13/h2-4,6,10,15H,5,14H2,1H3/t10-/m1/s1. The third-order valence-corrected chi connectivity index (χ3v) is 3.01. The molecule has 0 unspecified atom stereocenters. The van der Waals surface area contributed by atoms with E-state index in [9.17, 15) is 4.79 Å². The summed E-state index contributed by atoms with van der Waals surface area (Å²) in [5.41, 5.74) is 7.55. The van der Waals surface area contributed by atoms with Gasteiger partial charge in [0.25, 0.3) is 0 Å². The molecule has 3 N–H and O–H groups in total. The molecule has 17 heavy (non-hydrogen) atoms. The lowest BCUT2D eigenvalue weighted by Gasteiger charge is -2.07. The Morgan fingerprint density at radius 1 is 1.59 bits per heavy atom. The minimum atomic E-state index is -0.655. The molecule has 0 aliphatic rings. The molecule has 1 heterocycles.